The number of nitrogens with zero attached hydrogens (tertiary/aromatic N) is 3. The third kappa shape index (κ3) is 6.64. The summed E-state index contributed by atoms with van der Waals surface area (Å²) in [6.45, 7) is 23.7. The minimum atomic E-state index is -0.332. The molecule has 0 radical (unpaired) electrons. The second-order valence-electron chi connectivity index (χ2n) is 23.1. The van der Waals surface area contributed by atoms with Crippen molar-refractivity contribution in [2.45, 2.75) is 98.3 Å². The van der Waals surface area contributed by atoms with Crippen LogP contribution in [0.1, 0.15) is 115 Å². The van der Waals surface area contributed by atoms with Gasteiger partial charge in [-0.1, -0.05) is 163 Å². The van der Waals surface area contributed by atoms with E-state index in [0.717, 1.165) is 18.5 Å². The zero-order valence-electron chi connectivity index (χ0n) is 44.7. The van der Waals surface area contributed by atoms with Crippen LogP contribution in [0.3, 0.4) is 0 Å². The molecule has 3 heterocycles. The number of anilines is 9. The molecule has 9 aromatic rings. The molecule has 74 heavy (non-hydrogen) atoms. The topological polar surface area (TPSA) is 9.72 Å². The Hall–Kier alpha value is -7.88. The van der Waals surface area contributed by atoms with E-state index in [2.05, 4.69) is 272 Å². The summed E-state index contributed by atoms with van der Waals surface area (Å²) in [6, 6.07) is 66.6. The number of hydrogen-bond donors (Lipinski definition) is 0. The molecule has 0 unspecified atom stereocenters. The van der Waals surface area contributed by atoms with Crippen molar-refractivity contribution in [2.75, 3.05) is 14.7 Å². The Balaban J connectivity index is 1.00. The van der Waals surface area contributed by atoms with Gasteiger partial charge in [0.25, 0.3) is 0 Å². The normalized spacial score (nSPS) is 15.6. The molecule has 0 bridgehead atoms. The quantitative estimate of drug-likeness (QED) is 0.150. The molecule has 9 aromatic carbocycles. The molecule has 0 saturated carbocycles. The van der Waals surface area contributed by atoms with E-state index >= 15 is 0 Å². The Labute approximate surface area is 439 Å². The Morgan fingerprint density at radius 2 is 0.797 bits per heavy atom. The van der Waals surface area contributed by atoms with Crippen LogP contribution < -0.4 is 14.7 Å². The van der Waals surface area contributed by atoms with E-state index in [1.807, 2.05) is 0 Å². The molecule has 13 rings (SSSR count). The van der Waals surface area contributed by atoms with Crippen LogP contribution in [0.15, 0.2) is 182 Å². The lowest BCUT2D eigenvalue weighted by molar-refractivity contribution is 0.567. The van der Waals surface area contributed by atoms with E-state index in [9.17, 15) is 0 Å². The van der Waals surface area contributed by atoms with Gasteiger partial charge in [0.05, 0.1) is 17.1 Å². The van der Waals surface area contributed by atoms with Crippen LogP contribution >= 0.6 is 0 Å². The molecule has 3 nitrogen and oxygen atoms in total. The van der Waals surface area contributed by atoms with Crippen molar-refractivity contribution < 1.29 is 0 Å². The van der Waals surface area contributed by atoms with Crippen LogP contribution in [0.5, 0.6) is 0 Å². The number of fused-ring (bicyclic) bond motifs is 1. The summed E-state index contributed by atoms with van der Waals surface area (Å²) in [5.74, 6) is 0. The maximum absolute atomic E-state index is 2.71. The van der Waals surface area contributed by atoms with Crippen LogP contribution in [0, 0.1) is 27.7 Å². The van der Waals surface area contributed by atoms with Crippen molar-refractivity contribution in [3.8, 4) is 22.3 Å². The van der Waals surface area contributed by atoms with E-state index in [1.165, 1.54) is 135 Å². The van der Waals surface area contributed by atoms with Crippen molar-refractivity contribution in [3.05, 3.63) is 249 Å². The first kappa shape index (κ1) is 45.9. The van der Waals surface area contributed by atoms with Crippen molar-refractivity contribution >= 4 is 57.3 Å². The third-order valence-electron chi connectivity index (χ3n) is 17.6. The van der Waals surface area contributed by atoms with Gasteiger partial charge in [0.1, 0.15) is 0 Å². The van der Waals surface area contributed by atoms with E-state index in [1.54, 1.807) is 0 Å². The number of hydrogen-bond acceptors (Lipinski definition) is 3. The van der Waals surface area contributed by atoms with Crippen molar-refractivity contribution in [2.24, 2.45) is 0 Å². The van der Waals surface area contributed by atoms with Gasteiger partial charge in [-0.25, -0.2) is 0 Å². The zero-order valence-corrected chi connectivity index (χ0v) is 44.7. The van der Waals surface area contributed by atoms with Gasteiger partial charge in [-0.2, -0.15) is 0 Å². The number of allylic oxidation sites excluding steroid dienone is 1. The molecule has 0 saturated heterocycles. The maximum atomic E-state index is 2.71. The highest BCUT2D eigenvalue weighted by molar-refractivity contribution is 6.01. The van der Waals surface area contributed by atoms with Gasteiger partial charge in [-0.3, -0.25) is 0 Å². The number of rotatable bonds is 8. The molecule has 0 atom stereocenters. The molecule has 3 heteroatoms. The summed E-state index contributed by atoms with van der Waals surface area (Å²) in [6.07, 6.45) is 6.80. The van der Waals surface area contributed by atoms with Crippen molar-refractivity contribution in [3.63, 3.8) is 0 Å². The van der Waals surface area contributed by atoms with Gasteiger partial charge in [0, 0.05) is 50.4 Å². The molecule has 0 N–H and O–H groups in total. The summed E-state index contributed by atoms with van der Waals surface area (Å²) < 4.78 is 0. The fraction of sp³-hybridized carbons (Fsp3) is 0.211. The first-order chi connectivity index (χ1) is 35.7. The van der Waals surface area contributed by atoms with Gasteiger partial charge >= 0.3 is 0 Å². The monoisotopic (exact) mass is 960 g/mol. The smallest absolute Gasteiger partial charge is 0.0544 e. The average Bonchev–Trinajstić information content (AvgIpc) is 3.45. The Kier molecular flexibility index (Phi) is 10.3. The van der Waals surface area contributed by atoms with Gasteiger partial charge in [0.2, 0.25) is 0 Å². The highest BCUT2D eigenvalue weighted by Crippen LogP contribution is 2.67. The van der Waals surface area contributed by atoms with Gasteiger partial charge in [0.15, 0.2) is 0 Å². The molecule has 0 fully saturated rings. The molecule has 0 amide bonds. The summed E-state index contributed by atoms with van der Waals surface area (Å²) in [5, 5.41) is 0. The minimum absolute atomic E-state index is 0.243. The second-order valence-corrected chi connectivity index (χ2v) is 23.1. The molecule has 1 aliphatic carbocycles. The number of aryl methyl sites for hydroxylation is 4. The number of benzene rings is 9. The summed E-state index contributed by atoms with van der Waals surface area (Å²) in [7, 11) is 0. The number of para-hydroxylation sites is 5. The first-order valence-corrected chi connectivity index (χ1v) is 26.7. The lowest BCUT2D eigenvalue weighted by atomic mass is 9.60. The van der Waals surface area contributed by atoms with Gasteiger partial charge in [-0.05, 0) is 196 Å². The molecule has 3 aliphatic heterocycles. The van der Waals surface area contributed by atoms with Gasteiger partial charge < -0.3 is 14.7 Å². The summed E-state index contributed by atoms with van der Waals surface area (Å²) >= 11 is 0. The fourth-order valence-electron chi connectivity index (χ4n) is 13.4. The lowest BCUT2D eigenvalue weighted by Crippen LogP contribution is -2.43. The molecule has 0 aromatic heterocycles. The van der Waals surface area contributed by atoms with Crippen LogP contribution in [-0.4, -0.2) is 0 Å². The summed E-state index contributed by atoms with van der Waals surface area (Å²) in [5.41, 5.74) is 31.6. The molecule has 364 valence electrons. The highest BCUT2D eigenvalue weighted by atomic mass is 15.2. The highest BCUT2D eigenvalue weighted by Gasteiger charge is 2.52. The second kappa shape index (κ2) is 16.6. The van der Waals surface area contributed by atoms with E-state index in [4.69, 9.17) is 0 Å². The Morgan fingerprint density at radius 3 is 1.27 bits per heavy atom. The van der Waals surface area contributed by atoms with Crippen LogP contribution in [0.2, 0.25) is 0 Å². The van der Waals surface area contributed by atoms with Crippen LogP contribution in [0.4, 0.5) is 51.2 Å². The summed E-state index contributed by atoms with van der Waals surface area (Å²) in [4.78, 5) is 7.65. The van der Waals surface area contributed by atoms with E-state index in [0.29, 0.717) is 0 Å². The maximum Gasteiger partial charge on any atom is 0.0544 e. The standard InChI is InChI=1S/C71H65N3/c1-44-22-11-17-30-61(44)72(62-31-18-12-23-45(62)2)51-36-34-48(35-37-51)49-40-57-67-58(41-49)71(9,10)60-43-50(42-59-68(60)74(67)66-55(69(57,5)6)28-21-29-56(66)70(59,7)8)52-38-39-65(54-27-16-15-26-53(52)54)73(63-32-19-13-24-46(63)3)64-33-20-14-25-47(64)4/h11-15,17-26,28-43H,16,27H2,1-10H3. The first-order valence-electron chi connectivity index (χ1n) is 26.7. The third-order valence-corrected chi connectivity index (χ3v) is 17.6. The van der Waals surface area contributed by atoms with Crippen molar-refractivity contribution in [1.82, 2.24) is 0 Å². The predicted molar refractivity (Wildman–Crippen MR) is 314 cm³/mol. The molecule has 0 spiro atoms. The van der Waals surface area contributed by atoms with Crippen LogP contribution in [0.25, 0.3) is 28.3 Å². The molecular formula is C71H65N3. The Bertz CT molecular complexity index is 3730. The van der Waals surface area contributed by atoms with Crippen molar-refractivity contribution in [1.29, 1.82) is 0 Å². The molecular weight excluding hydrogens is 895 g/mol. The zero-order chi connectivity index (χ0) is 51.0. The minimum Gasteiger partial charge on any atom is -0.310 e. The average molecular weight is 960 g/mol. The fourth-order valence-corrected chi connectivity index (χ4v) is 13.4. The van der Waals surface area contributed by atoms with Crippen LogP contribution in [-0.2, 0) is 22.7 Å². The largest absolute Gasteiger partial charge is 0.310 e. The SMILES string of the molecule is Cc1ccccc1N(c1ccc(-c2cc3c4c(c2)C(C)(C)c2cc(-c5ccc(N(c6ccccc6C)c6ccccc6C)c6c5C=CCC6)cc5c2N4c2c(cccc2C5(C)C)C3(C)C)cc1)c1ccccc1C. The Morgan fingerprint density at radius 1 is 0.378 bits per heavy atom. The molecule has 4 aliphatic rings. The van der Waals surface area contributed by atoms with Gasteiger partial charge in [-0.15, -0.1) is 0 Å². The lowest BCUT2D eigenvalue weighted by Gasteiger charge is -2.55. The van der Waals surface area contributed by atoms with E-state index in [-0.39, 0.29) is 16.2 Å². The van der Waals surface area contributed by atoms with E-state index < -0.39 is 0 Å². The predicted octanol–water partition coefficient (Wildman–Crippen LogP) is 19.5.